The predicted molar refractivity (Wildman–Crippen MR) is 76.3 cm³/mol. The molecule has 96 valence electrons. The van der Waals surface area contributed by atoms with E-state index < -0.39 is 0 Å². The smallest absolute Gasteiger partial charge is 0.131 e. The highest BCUT2D eigenvalue weighted by Gasteiger charge is 2.12. The Balaban J connectivity index is 2.48. The van der Waals surface area contributed by atoms with E-state index in [1.807, 2.05) is 7.05 Å². The molecular weight excluding hydrogens is 244 g/mol. The van der Waals surface area contributed by atoms with Crippen LogP contribution in [0.5, 0.6) is 5.75 Å². The number of hydrogen-bond donors (Lipinski definition) is 1. The number of benzene rings is 1. The van der Waals surface area contributed by atoms with Crippen molar-refractivity contribution in [3.05, 3.63) is 33.6 Å². The van der Waals surface area contributed by atoms with E-state index in [1.54, 1.807) is 18.4 Å². The lowest BCUT2D eigenvalue weighted by Crippen LogP contribution is -2.04. The SMILES string of the molecule is CNCc1nc(-c2cc(C)cc(C)c2OC)cs1. The van der Waals surface area contributed by atoms with E-state index in [0.717, 1.165) is 34.1 Å². The molecule has 0 saturated heterocycles. The molecule has 1 heterocycles. The second-order valence-electron chi connectivity index (χ2n) is 4.32. The summed E-state index contributed by atoms with van der Waals surface area (Å²) in [5.74, 6) is 0.918. The van der Waals surface area contributed by atoms with Gasteiger partial charge in [-0.15, -0.1) is 11.3 Å². The number of nitrogens with zero attached hydrogens (tertiary/aromatic N) is 1. The first-order valence-corrected chi connectivity index (χ1v) is 6.78. The molecule has 0 spiro atoms. The van der Waals surface area contributed by atoms with Crippen molar-refractivity contribution in [2.75, 3.05) is 14.2 Å². The average Bonchev–Trinajstić information content (AvgIpc) is 2.77. The van der Waals surface area contributed by atoms with Crippen LogP contribution >= 0.6 is 11.3 Å². The third-order valence-electron chi connectivity index (χ3n) is 2.78. The summed E-state index contributed by atoms with van der Waals surface area (Å²) in [6, 6.07) is 4.26. The monoisotopic (exact) mass is 262 g/mol. The van der Waals surface area contributed by atoms with Crippen molar-refractivity contribution < 1.29 is 4.74 Å². The van der Waals surface area contributed by atoms with Crippen LogP contribution in [0.25, 0.3) is 11.3 Å². The molecule has 2 aromatic rings. The van der Waals surface area contributed by atoms with Crippen molar-refractivity contribution in [3.8, 4) is 17.0 Å². The van der Waals surface area contributed by atoms with Crippen molar-refractivity contribution in [3.63, 3.8) is 0 Å². The fourth-order valence-electron chi connectivity index (χ4n) is 2.08. The highest BCUT2D eigenvalue weighted by molar-refractivity contribution is 7.09. The van der Waals surface area contributed by atoms with Gasteiger partial charge in [-0.1, -0.05) is 6.07 Å². The second kappa shape index (κ2) is 5.50. The van der Waals surface area contributed by atoms with Gasteiger partial charge in [0.1, 0.15) is 10.8 Å². The number of nitrogens with one attached hydrogen (secondary N) is 1. The first-order chi connectivity index (χ1) is 8.65. The van der Waals surface area contributed by atoms with Gasteiger partial charge in [0.05, 0.1) is 12.8 Å². The molecule has 0 bridgehead atoms. The van der Waals surface area contributed by atoms with E-state index in [1.165, 1.54) is 5.56 Å². The van der Waals surface area contributed by atoms with Gasteiger partial charge in [-0.05, 0) is 38.1 Å². The second-order valence-corrected chi connectivity index (χ2v) is 5.26. The van der Waals surface area contributed by atoms with Crippen LogP contribution in [0, 0.1) is 13.8 Å². The molecule has 0 atom stereocenters. The van der Waals surface area contributed by atoms with Crippen LogP contribution in [-0.4, -0.2) is 19.1 Å². The Hall–Kier alpha value is -1.39. The van der Waals surface area contributed by atoms with Crippen LogP contribution in [0.4, 0.5) is 0 Å². The van der Waals surface area contributed by atoms with E-state index in [-0.39, 0.29) is 0 Å². The minimum absolute atomic E-state index is 0.803. The average molecular weight is 262 g/mol. The molecule has 0 aliphatic rings. The summed E-state index contributed by atoms with van der Waals surface area (Å²) in [6.45, 7) is 4.96. The molecule has 0 fully saturated rings. The van der Waals surface area contributed by atoms with Crippen LogP contribution in [0.15, 0.2) is 17.5 Å². The van der Waals surface area contributed by atoms with E-state index in [4.69, 9.17) is 4.74 Å². The lowest BCUT2D eigenvalue weighted by Gasteiger charge is -2.11. The van der Waals surface area contributed by atoms with Gasteiger partial charge in [0.25, 0.3) is 0 Å². The van der Waals surface area contributed by atoms with E-state index >= 15 is 0 Å². The maximum atomic E-state index is 5.50. The van der Waals surface area contributed by atoms with Crippen molar-refractivity contribution in [2.45, 2.75) is 20.4 Å². The Morgan fingerprint density at radius 1 is 1.33 bits per heavy atom. The maximum absolute atomic E-state index is 5.50. The summed E-state index contributed by atoms with van der Waals surface area (Å²) in [7, 11) is 3.64. The molecular formula is C14H18N2OS. The van der Waals surface area contributed by atoms with Crippen molar-refractivity contribution in [1.29, 1.82) is 0 Å². The van der Waals surface area contributed by atoms with Crippen LogP contribution in [0.1, 0.15) is 16.1 Å². The zero-order valence-electron chi connectivity index (χ0n) is 11.2. The Kier molecular flexibility index (Phi) is 3.99. The Morgan fingerprint density at radius 3 is 2.78 bits per heavy atom. The van der Waals surface area contributed by atoms with E-state index in [2.05, 4.69) is 41.7 Å². The summed E-state index contributed by atoms with van der Waals surface area (Å²) in [5, 5.41) is 6.29. The largest absolute Gasteiger partial charge is 0.496 e. The predicted octanol–water partition coefficient (Wildman–Crippen LogP) is 3.15. The van der Waals surface area contributed by atoms with Gasteiger partial charge >= 0.3 is 0 Å². The quantitative estimate of drug-likeness (QED) is 0.919. The number of aryl methyl sites for hydroxylation is 2. The molecule has 0 aliphatic heterocycles. The first-order valence-electron chi connectivity index (χ1n) is 5.90. The molecule has 0 unspecified atom stereocenters. The van der Waals surface area contributed by atoms with Gasteiger partial charge in [-0.3, -0.25) is 0 Å². The van der Waals surface area contributed by atoms with Gasteiger partial charge in [0.2, 0.25) is 0 Å². The van der Waals surface area contributed by atoms with Crippen molar-refractivity contribution in [2.24, 2.45) is 0 Å². The highest BCUT2D eigenvalue weighted by atomic mass is 32.1. The number of thiazole rings is 1. The fraction of sp³-hybridized carbons (Fsp3) is 0.357. The number of hydrogen-bond acceptors (Lipinski definition) is 4. The lowest BCUT2D eigenvalue weighted by atomic mass is 10.0. The molecule has 4 heteroatoms. The Bertz CT molecular complexity index is 549. The molecule has 0 radical (unpaired) electrons. The third kappa shape index (κ3) is 2.54. The maximum Gasteiger partial charge on any atom is 0.131 e. The topological polar surface area (TPSA) is 34.2 Å². The molecule has 1 N–H and O–H groups in total. The number of aromatic nitrogens is 1. The minimum atomic E-state index is 0.803. The van der Waals surface area contributed by atoms with E-state index in [0.29, 0.717) is 0 Å². The highest BCUT2D eigenvalue weighted by Crippen LogP contribution is 2.34. The molecule has 0 aliphatic carbocycles. The van der Waals surface area contributed by atoms with Gasteiger partial charge in [-0.25, -0.2) is 4.98 Å². The van der Waals surface area contributed by atoms with E-state index in [9.17, 15) is 0 Å². The summed E-state index contributed by atoms with van der Waals surface area (Å²) < 4.78 is 5.50. The summed E-state index contributed by atoms with van der Waals surface area (Å²) in [5.41, 5.74) is 4.45. The number of ether oxygens (including phenoxy) is 1. The summed E-state index contributed by atoms with van der Waals surface area (Å²) >= 11 is 1.67. The number of methoxy groups -OCH3 is 1. The van der Waals surface area contributed by atoms with Crippen LogP contribution in [0.3, 0.4) is 0 Å². The molecule has 1 aromatic heterocycles. The minimum Gasteiger partial charge on any atom is -0.496 e. The van der Waals surface area contributed by atoms with Crippen molar-refractivity contribution >= 4 is 11.3 Å². The summed E-state index contributed by atoms with van der Waals surface area (Å²) in [6.07, 6.45) is 0. The summed E-state index contributed by atoms with van der Waals surface area (Å²) in [4.78, 5) is 4.64. The van der Waals surface area contributed by atoms with Gasteiger partial charge < -0.3 is 10.1 Å². The Morgan fingerprint density at radius 2 is 2.11 bits per heavy atom. The molecule has 0 amide bonds. The molecule has 0 saturated carbocycles. The van der Waals surface area contributed by atoms with Crippen LogP contribution in [0.2, 0.25) is 0 Å². The first kappa shape index (κ1) is 13.1. The van der Waals surface area contributed by atoms with Gasteiger partial charge in [-0.2, -0.15) is 0 Å². The zero-order valence-corrected chi connectivity index (χ0v) is 12.0. The lowest BCUT2D eigenvalue weighted by molar-refractivity contribution is 0.413. The van der Waals surface area contributed by atoms with Crippen LogP contribution in [-0.2, 0) is 6.54 Å². The van der Waals surface area contributed by atoms with Crippen molar-refractivity contribution in [1.82, 2.24) is 10.3 Å². The standard InChI is InChI=1S/C14H18N2OS/c1-9-5-10(2)14(17-4)11(6-9)12-8-18-13(16-12)7-15-3/h5-6,8,15H,7H2,1-4H3. The normalized spacial score (nSPS) is 10.7. The fourth-order valence-corrected chi connectivity index (χ4v) is 2.89. The molecule has 3 nitrogen and oxygen atoms in total. The molecule has 2 rings (SSSR count). The van der Waals surface area contributed by atoms with Gasteiger partial charge in [0, 0.05) is 17.5 Å². The van der Waals surface area contributed by atoms with Gasteiger partial charge in [0.15, 0.2) is 0 Å². The molecule has 1 aromatic carbocycles. The third-order valence-corrected chi connectivity index (χ3v) is 3.63. The van der Waals surface area contributed by atoms with Crippen LogP contribution < -0.4 is 10.1 Å². The molecule has 18 heavy (non-hydrogen) atoms. The number of rotatable bonds is 4. The Labute approximate surface area is 112 Å². The zero-order chi connectivity index (χ0) is 13.1.